The molecule has 0 aliphatic carbocycles. The summed E-state index contributed by atoms with van der Waals surface area (Å²) in [5.74, 6) is -3.52. The minimum absolute atomic E-state index is 0.383. The number of aryl methyl sites for hydroxylation is 1. The van der Waals surface area contributed by atoms with Crippen LogP contribution in [0.4, 0.5) is 0 Å². The van der Waals surface area contributed by atoms with Gasteiger partial charge in [0.25, 0.3) is 0 Å². The van der Waals surface area contributed by atoms with Crippen molar-refractivity contribution in [2.24, 2.45) is 5.92 Å². The Labute approximate surface area is 135 Å². The van der Waals surface area contributed by atoms with E-state index < -0.39 is 17.9 Å². The van der Waals surface area contributed by atoms with Crippen LogP contribution >= 0.6 is 0 Å². The van der Waals surface area contributed by atoms with E-state index >= 15 is 0 Å². The Kier molecular flexibility index (Phi) is 5.52. The van der Waals surface area contributed by atoms with Crippen molar-refractivity contribution in [3.63, 3.8) is 0 Å². The van der Waals surface area contributed by atoms with Crippen molar-refractivity contribution >= 4 is 11.9 Å². The minimum atomic E-state index is -1.09. The normalized spacial score (nSPS) is 13.3. The molecular formula is C19H20O4. The van der Waals surface area contributed by atoms with Crippen molar-refractivity contribution in [2.45, 2.75) is 25.7 Å². The maximum absolute atomic E-state index is 11.7. The maximum atomic E-state index is 11.7. The van der Waals surface area contributed by atoms with E-state index in [4.69, 9.17) is 5.11 Å². The number of carboxylic acid groups (broad SMARTS) is 2. The van der Waals surface area contributed by atoms with Gasteiger partial charge in [-0.1, -0.05) is 54.6 Å². The lowest BCUT2D eigenvalue weighted by Crippen LogP contribution is -2.26. The van der Waals surface area contributed by atoms with Crippen molar-refractivity contribution in [1.29, 1.82) is 0 Å². The average molecular weight is 312 g/mol. The van der Waals surface area contributed by atoms with Crippen LogP contribution < -0.4 is 0 Å². The highest BCUT2D eigenvalue weighted by atomic mass is 16.4. The van der Waals surface area contributed by atoms with Gasteiger partial charge in [0, 0.05) is 5.92 Å². The van der Waals surface area contributed by atoms with Crippen LogP contribution in [0.25, 0.3) is 0 Å². The van der Waals surface area contributed by atoms with Gasteiger partial charge in [0.1, 0.15) is 0 Å². The van der Waals surface area contributed by atoms with Crippen LogP contribution in [0, 0.1) is 12.8 Å². The number of aliphatic carboxylic acids is 2. The molecule has 23 heavy (non-hydrogen) atoms. The van der Waals surface area contributed by atoms with Crippen molar-refractivity contribution in [3.8, 4) is 0 Å². The first-order valence-corrected chi connectivity index (χ1v) is 7.53. The molecule has 0 aromatic heterocycles. The molecule has 2 rings (SSSR count). The summed E-state index contributed by atoms with van der Waals surface area (Å²) >= 11 is 0. The molecule has 0 heterocycles. The first-order chi connectivity index (χ1) is 11.0. The fourth-order valence-electron chi connectivity index (χ4n) is 2.86. The zero-order valence-electron chi connectivity index (χ0n) is 13.0. The Morgan fingerprint density at radius 1 is 0.957 bits per heavy atom. The maximum Gasteiger partial charge on any atom is 0.307 e. The Morgan fingerprint density at radius 2 is 1.57 bits per heavy atom. The molecule has 2 atom stereocenters. The smallest absolute Gasteiger partial charge is 0.307 e. The molecule has 0 aliphatic rings. The van der Waals surface area contributed by atoms with Gasteiger partial charge in [-0.2, -0.15) is 0 Å². The molecule has 0 spiro atoms. The van der Waals surface area contributed by atoms with Crippen LogP contribution in [-0.4, -0.2) is 22.2 Å². The van der Waals surface area contributed by atoms with Crippen molar-refractivity contribution in [2.75, 3.05) is 0 Å². The van der Waals surface area contributed by atoms with Gasteiger partial charge in [-0.15, -0.1) is 0 Å². The lowest BCUT2D eigenvalue weighted by atomic mass is 9.79. The van der Waals surface area contributed by atoms with Gasteiger partial charge in [0.05, 0.1) is 12.3 Å². The number of carboxylic acids is 2. The van der Waals surface area contributed by atoms with E-state index in [1.807, 2.05) is 61.5 Å². The van der Waals surface area contributed by atoms with Crippen molar-refractivity contribution in [3.05, 3.63) is 71.3 Å². The minimum Gasteiger partial charge on any atom is -0.481 e. The van der Waals surface area contributed by atoms with Crippen molar-refractivity contribution in [1.82, 2.24) is 0 Å². The predicted octanol–water partition coefficient (Wildman–Crippen LogP) is 3.50. The summed E-state index contributed by atoms with van der Waals surface area (Å²) in [7, 11) is 0. The molecule has 0 saturated heterocycles. The fraction of sp³-hybridized carbons (Fsp3) is 0.263. The third-order valence-electron chi connectivity index (χ3n) is 4.13. The Morgan fingerprint density at radius 3 is 2.13 bits per heavy atom. The Bertz CT molecular complexity index is 679. The van der Waals surface area contributed by atoms with E-state index in [9.17, 15) is 14.7 Å². The summed E-state index contributed by atoms with van der Waals surface area (Å²) in [5, 5.41) is 18.6. The van der Waals surface area contributed by atoms with E-state index in [0.717, 1.165) is 16.7 Å². The second-order valence-corrected chi connectivity index (χ2v) is 5.69. The summed E-state index contributed by atoms with van der Waals surface area (Å²) < 4.78 is 0. The van der Waals surface area contributed by atoms with Gasteiger partial charge in [-0.25, -0.2) is 0 Å². The zero-order chi connectivity index (χ0) is 16.8. The molecule has 120 valence electrons. The summed E-state index contributed by atoms with van der Waals surface area (Å²) in [6, 6.07) is 17.1. The molecule has 4 heteroatoms. The quantitative estimate of drug-likeness (QED) is 0.820. The molecule has 2 N–H and O–H groups in total. The summed E-state index contributed by atoms with van der Waals surface area (Å²) in [6.45, 7) is 1.98. The van der Waals surface area contributed by atoms with E-state index in [0.29, 0.717) is 6.42 Å². The average Bonchev–Trinajstić information content (AvgIpc) is 2.53. The number of hydrogen-bond donors (Lipinski definition) is 2. The van der Waals surface area contributed by atoms with Gasteiger partial charge >= 0.3 is 11.9 Å². The second-order valence-electron chi connectivity index (χ2n) is 5.69. The zero-order valence-corrected chi connectivity index (χ0v) is 13.0. The molecule has 0 saturated carbocycles. The second kappa shape index (κ2) is 7.58. The lowest BCUT2D eigenvalue weighted by molar-refractivity contribution is -0.149. The van der Waals surface area contributed by atoms with E-state index in [-0.39, 0.29) is 12.3 Å². The van der Waals surface area contributed by atoms with Crippen LogP contribution in [0.2, 0.25) is 0 Å². The van der Waals surface area contributed by atoms with Gasteiger partial charge in [0.15, 0.2) is 0 Å². The number of rotatable bonds is 7. The van der Waals surface area contributed by atoms with Crippen LogP contribution in [-0.2, 0) is 16.0 Å². The molecule has 0 aliphatic heterocycles. The van der Waals surface area contributed by atoms with Crippen molar-refractivity contribution < 1.29 is 19.8 Å². The van der Waals surface area contributed by atoms with Gasteiger partial charge in [-0.3, -0.25) is 9.59 Å². The van der Waals surface area contributed by atoms with E-state index in [2.05, 4.69) is 0 Å². The van der Waals surface area contributed by atoms with E-state index in [1.165, 1.54) is 0 Å². The van der Waals surface area contributed by atoms with Crippen LogP contribution in [0.3, 0.4) is 0 Å². The SMILES string of the molecule is Cc1ccccc1CC(c1ccccc1)C(CC(=O)O)C(=O)O. The Balaban J connectivity index is 2.41. The highest BCUT2D eigenvalue weighted by Crippen LogP contribution is 2.32. The van der Waals surface area contributed by atoms with E-state index in [1.54, 1.807) is 0 Å². The van der Waals surface area contributed by atoms with Gasteiger partial charge < -0.3 is 10.2 Å². The molecule has 0 fully saturated rings. The first-order valence-electron chi connectivity index (χ1n) is 7.53. The Hall–Kier alpha value is -2.62. The predicted molar refractivity (Wildman–Crippen MR) is 87.4 cm³/mol. The summed E-state index contributed by atoms with van der Waals surface area (Å²) in [4.78, 5) is 22.8. The molecule has 2 unspecified atom stereocenters. The topological polar surface area (TPSA) is 74.6 Å². The molecule has 2 aromatic rings. The standard InChI is InChI=1S/C19H20O4/c1-13-7-5-6-10-15(13)11-16(14-8-3-2-4-9-14)17(19(22)23)12-18(20)21/h2-10,16-17H,11-12H2,1H3,(H,20,21)(H,22,23). The number of carbonyl (C=O) groups is 2. The summed E-state index contributed by atoms with van der Waals surface area (Å²) in [5.41, 5.74) is 2.97. The van der Waals surface area contributed by atoms with Crippen LogP contribution in [0.1, 0.15) is 29.0 Å². The third kappa shape index (κ3) is 4.42. The number of benzene rings is 2. The van der Waals surface area contributed by atoms with Crippen LogP contribution in [0.15, 0.2) is 54.6 Å². The molecule has 0 amide bonds. The molecule has 0 bridgehead atoms. The van der Waals surface area contributed by atoms with Gasteiger partial charge in [-0.05, 0) is 30.0 Å². The third-order valence-corrected chi connectivity index (χ3v) is 4.13. The molecule has 4 nitrogen and oxygen atoms in total. The molecule has 2 aromatic carbocycles. The van der Waals surface area contributed by atoms with Crippen LogP contribution in [0.5, 0.6) is 0 Å². The lowest BCUT2D eigenvalue weighted by Gasteiger charge is -2.24. The van der Waals surface area contributed by atoms with Gasteiger partial charge in [0.2, 0.25) is 0 Å². The fourth-order valence-corrected chi connectivity index (χ4v) is 2.86. The largest absolute Gasteiger partial charge is 0.481 e. The first kappa shape index (κ1) is 16.7. The number of hydrogen-bond acceptors (Lipinski definition) is 2. The summed E-state index contributed by atoms with van der Waals surface area (Å²) in [6.07, 6.45) is 0.113. The highest BCUT2D eigenvalue weighted by Gasteiger charge is 2.31. The molecular weight excluding hydrogens is 292 g/mol. The highest BCUT2D eigenvalue weighted by molar-refractivity contribution is 5.78. The monoisotopic (exact) mass is 312 g/mol. The molecule has 0 radical (unpaired) electrons.